The zero-order chi connectivity index (χ0) is 13.3. The first-order valence-electron chi connectivity index (χ1n) is 6.04. The van der Waals surface area contributed by atoms with Crippen LogP contribution >= 0.6 is 0 Å². The van der Waals surface area contributed by atoms with Gasteiger partial charge in [-0.3, -0.25) is 19.8 Å². The molecular weight excluding hydrogens is 232 g/mol. The van der Waals surface area contributed by atoms with Crippen molar-refractivity contribution in [3.8, 4) is 0 Å². The van der Waals surface area contributed by atoms with Crippen molar-refractivity contribution in [1.82, 2.24) is 19.8 Å². The Bertz CT molecular complexity index is 468. The van der Waals surface area contributed by atoms with E-state index in [0.29, 0.717) is 12.8 Å². The van der Waals surface area contributed by atoms with Gasteiger partial charge in [-0.25, -0.2) is 4.98 Å². The molecule has 1 N–H and O–H groups in total. The Morgan fingerprint density at radius 1 is 1.44 bits per heavy atom. The monoisotopic (exact) mass is 250 g/mol. The highest BCUT2D eigenvalue weighted by Crippen LogP contribution is 2.16. The van der Waals surface area contributed by atoms with Gasteiger partial charge in [-0.2, -0.15) is 0 Å². The molecule has 1 fully saturated rings. The van der Waals surface area contributed by atoms with Crippen LogP contribution in [0.2, 0.25) is 0 Å². The molecule has 0 spiro atoms. The Hall–Kier alpha value is -1.69. The number of aryl methyl sites for hydroxylation is 1. The minimum Gasteiger partial charge on any atom is -0.337 e. The summed E-state index contributed by atoms with van der Waals surface area (Å²) in [7, 11) is 3.45. The van der Waals surface area contributed by atoms with Gasteiger partial charge < -0.3 is 4.57 Å². The fourth-order valence-electron chi connectivity index (χ4n) is 2.24. The van der Waals surface area contributed by atoms with E-state index in [1.54, 1.807) is 6.20 Å². The van der Waals surface area contributed by atoms with Gasteiger partial charge in [-0.05, 0) is 13.3 Å². The number of amides is 2. The third-order valence-corrected chi connectivity index (χ3v) is 3.35. The van der Waals surface area contributed by atoms with Crippen LogP contribution in [0.15, 0.2) is 12.4 Å². The van der Waals surface area contributed by atoms with E-state index in [4.69, 9.17) is 0 Å². The predicted octanol–water partition coefficient (Wildman–Crippen LogP) is 0.218. The van der Waals surface area contributed by atoms with Gasteiger partial charge in [-0.15, -0.1) is 0 Å². The Balaban J connectivity index is 2.04. The van der Waals surface area contributed by atoms with Gasteiger partial charge in [0.05, 0.1) is 12.1 Å². The Morgan fingerprint density at radius 3 is 2.78 bits per heavy atom. The van der Waals surface area contributed by atoms with Crippen LogP contribution in [-0.4, -0.2) is 39.4 Å². The minimum absolute atomic E-state index is 0.0273. The molecule has 0 radical (unpaired) electrons. The van der Waals surface area contributed by atoms with Crippen molar-refractivity contribution in [1.29, 1.82) is 0 Å². The first-order valence-corrected chi connectivity index (χ1v) is 6.04. The molecule has 2 atom stereocenters. The highest BCUT2D eigenvalue weighted by Gasteiger charge is 2.32. The molecule has 2 amide bonds. The smallest absolute Gasteiger partial charge is 0.246 e. The summed E-state index contributed by atoms with van der Waals surface area (Å²) in [6.07, 6.45) is 4.56. The number of hydrogen-bond donors (Lipinski definition) is 1. The largest absolute Gasteiger partial charge is 0.337 e. The molecule has 0 aromatic carbocycles. The first-order chi connectivity index (χ1) is 8.50. The topological polar surface area (TPSA) is 67.2 Å². The summed E-state index contributed by atoms with van der Waals surface area (Å²) in [5.74, 6) is 0.609. The second-order valence-electron chi connectivity index (χ2n) is 4.67. The molecule has 1 aliphatic heterocycles. The second-order valence-corrected chi connectivity index (χ2v) is 4.67. The Labute approximate surface area is 106 Å². The summed E-state index contributed by atoms with van der Waals surface area (Å²) < 4.78 is 1.92. The quantitative estimate of drug-likeness (QED) is 0.779. The Morgan fingerprint density at radius 2 is 2.17 bits per heavy atom. The van der Waals surface area contributed by atoms with Crippen LogP contribution in [0.1, 0.15) is 31.6 Å². The number of piperidine rings is 1. The summed E-state index contributed by atoms with van der Waals surface area (Å²) >= 11 is 0. The second kappa shape index (κ2) is 4.89. The molecule has 0 bridgehead atoms. The van der Waals surface area contributed by atoms with E-state index < -0.39 is 0 Å². The van der Waals surface area contributed by atoms with E-state index in [9.17, 15) is 9.59 Å². The number of rotatable bonds is 3. The zero-order valence-electron chi connectivity index (χ0n) is 10.9. The highest BCUT2D eigenvalue weighted by molar-refractivity contribution is 6.00. The number of hydrogen-bond acceptors (Lipinski definition) is 4. The molecule has 0 aliphatic carbocycles. The minimum atomic E-state index is -0.306. The number of nitrogens with one attached hydrogen (secondary N) is 1. The molecule has 2 rings (SSSR count). The van der Waals surface area contributed by atoms with Gasteiger partial charge in [-0.1, -0.05) is 0 Å². The Kier molecular flexibility index (Phi) is 3.47. The summed E-state index contributed by atoms with van der Waals surface area (Å²) in [6.45, 7) is 1.96. The van der Waals surface area contributed by atoms with E-state index in [1.165, 1.54) is 11.9 Å². The molecule has 2 unspecified atom stereocenters. The molecule has 2 heterocycles. The van der Waals surface area contributed by atoms with Crippen LogP contribution in [0, 0.1) is 0 Å². The number of imide groups is 1. The van der Waals surface area contributed by atoms with Gasteiger partial charge in [0.15, 0.2) is 0 Å². The van der Waals surface area contributed by atoms with Gasteiger partial charge >= 0.3 is 0 Å². The molecule has 0 saturated carbocycles. The fourth-order valence-corrected chi connectivity index (χ4v) is 2.24. The predicted molar refractivity (Wildman–Crippen MR) is 65.6 cm³/mol. The van der Waals surface area contributed by atoms with Crippen molar-refractivity contribution >= 4 is 11.8 Å². The lowest BCUT2D eigenvalue weighted by molar-refractivity contribution is -0.148. The van der Waals surface area contributed by atoms with Crippen LogP contribution in [0.4, 0.5) is 0 Å². The van der Waals surface area contributed by atoms with Crippen molar-refractivity contribution in [2.24, 2.45) is 7.05 Å². The lowest BCUT2D eigenvalue weighted by atomic mass is 10.0. The average Bonchev–Trinajstić information content (AvgIpc) is 2.76. The van der Waals surface area contributed by atoms with Crippen molar-refractivity contribution in [3.63, 3.8) is 0 Å². The maximum Gasteiger partial charge on any atom is 0.246 e. The van der Waals surface area contributed by atoms with Gasteiger partial charge in [0, 0.05) is 32.9 Å². The third kappa shape index (κ3) is 2.28. The molecule has 6 nitrogen and oxygen atoms in total. The number of likely N-dealkylation sites (N-methyl/N-ethyl adjacent to an activating group) is 1. The van der Waals surface area contributed by atoms with Crippen LogP contribution in [0.3, 0.4) is 0 Å². The lowest BCUT2D eigenvalue weighted by Crippen LogP contribution is -2.52. The number of carbonyl (C=O) groups excluding carboxylic acids is 2. The van der Waals surface area contributed by atoms with E-state index in [1.807, 2.05) is 24.7 Å². The van der Waals surface area contributed by atoms with Crippen molar-refractivity contribution in [2.45, 2.75) is 31.8 Å². The molecule has 1 aromatic rings. The number of aromatic nitrogens is 2. The van der Waals surface area contributed by atoms with Crippen LogP contribution in [-0.2, 0) is 16.6 Å². The molecule has 98 valence electrons. The fraction of sp³-hybridized carbons (Fsp3) is 0.583. The van der Waals surface area contributed by atoms with Crippen molar-refractivity contribution in [2.75, 3.05) is 7.05 Å². The summed E-state index contributed by atoms with van der Waals surface area (Å²) in [5, 5.41) is 3.24. The molecule has 1 aromatic heterocycles. The van der Waals surface area contributed by atoms with Crippen molar-refractivity contribution < 1.29 is 9.59 Å². The average molecular weight is 250 g/mol. The van der Waals surface area contributed by atoms with Crippen LogP contribution in [0.25, 0.3) is 0 Å². The number of imidazole rings is 1. The van der Waals surface area contributed by atoms with E-state index in [-0.39, 0.29) is 23.9 Å². The molecule has 18 heavy (non-hydrogen) atoms. The van der Waals surface area contributed by atoms with Crippen molar-refractivity contribution in [3.05, 3.63) is 18.2 Å². The summed E-state index contributed by atoms with van der Waals surface area (Å²) in [5.41, 5.74) is 0. The summed E-state index contributed by atoms with van der Waals surface area (Å²) in [4.78, 5) is 28.8. The number of nitrogens with zero attached hydrogens (tertiary/aromatic N) is 3. The normalized spacial score (nSPS) is 22.4. The molecular formula is C12H18N4O2. The van der Waals surface area contributed by atoms with Crippen LogP contribution in [0.5, 0.6) is 0 Å². The van der Waals surface area contributed by atoms with Crippen LogP contribution < -0.4 is 5.32 Å². The van der Waals surface area contributed by atoms with Gasteiger partial charge in [0.25, 0.3) is 0 Å². The first kappa shape index (κ1) is 12.8. The van der Waals surface area contributed by atoms with Gasteiger partial charge in [0.1, 0.15) is 5.82 Å². The molecule has 1 saturated heterocycles. The summed E-state index contributed by atoms with van der Waals surface area (Å²) in [6, 6.07) is -0.333. The van der Waals surface area contributed by atoms with E-state index in [2.05, 4.69) is 10.3 Å². The highest BCUT2D eigenvalue weighted by atomic mass is 16.2. The van der Waals surface area contributed by atoms with E-state index in [0.717, 1.165) is 5.82 Å². The third-order valence-electron chi connectivity index (χ3n) is 3.35. The zero-order valence-corrected chi connectivity index (χ0v) is 10.9. The number of likely N-dealkylation sites (tertiary alicyclic amines) is 1. The number of carbonyl (C=O) groups is 2. The lowest BCUT2D eigenvalue weighted by Gasteiger charge is -2.30. The molecule has 1 aliphatic rings. The maximum absolute atomic E-state index is 11.9. The molecule has 6 heteroatoms. The standard InChI is InChI=1S/C12H18N4O2/c1-8(11-13-6-7-15(11)2)14-9-4-5-10(17)16(3)12(9)18/h6-9,14H,4-5H2,1-3H3. The SMILES string of the molecule is CC(NC1CCC(=O)N(C)C1=O)c1nccn1C. The van der Waals surface area contributed by atoms with E-state index >= 15 is 0 Å². The maximum atomic E-state index is 11.9. The van der Waals surface area contributed by atoms with Gasteiger partial charge in [0.2, 0.25) is 11.8 Å².